The normalized spacial score (nSPS) is 12.7. The highest BCUT2D eigenvalue weighted by Gasteiger charge is 2.31. The molecular formula is C24H30N2O6. The number of hydrogen-bond acceptors (Lipinski definition) is 6. The monoisotopic (exact) mass is 442 g/mol. The molecule has 32 heavy (non-hydrogen) atoms. The summed E-state index contributed by atoms with van der Waals surface area (Å²) in [5.74, 6) is -2.29. The number of methoxy groups -OCH3 is 1. The zero-order valence-electron chi connectivity index (χ0n) is 19.3. The van der Waals surface area contributed by atoms with Crippen LogP contribution in [0.2, 0.25) is 0 Å². The first-order valence-electron chi connectivity index (χ1n) is 10.4. The van der Waals surface area contributed by atoms with Crippen LogP contribution in [0.1, 0.15) is 58.4 Å². The molecule has 0 aliphatic rings. The predicted octanol–water partition coefficient (Wildman–Crippen LogP) is 2.92. The molecule has 0 spiro atoms. The second-order valence-electron chi connectivity index (χ2n) is 8.01. The molecule has 2 aromatic rings. The fraction of sp³-hybridized carbons (Fsp3) is 0.417. The smallest absolute Gasteiger partial charge is 0.339 e. The summed E-state index contributed by atoms with van der Waals surface area (Å²) in [5, 5.41) is 2.70. The Kier molecular flexibility index (Phi) is 8.34. The van der Waals surface area contributed by atoms with Crippen molar-refractivity contribution in [2.24, 2.45) is 5.92 Å². The van der Waals surface area contributed by atoms with Crippen molar-refractivity contribution < 1.29 is 28.7 Å². The summed E-state index contributed by atoms with van der Waals surface area (Å²) < 4.78 is 10.2. The predicted molar refractivity (Wildman–Crippen MR) is 118 cm³/mol. The molecule has 8 heteroatoms. The van der Waals surface area contributed by atoms with E-state index in [0.717, 1.165) is 5.56 Å². The Morgan fingerprint density at radius 1 is 1.03 bits per heavy atom. The number of ketones is 1. The second-order valence-corrected chi connectivity index (χ2v) is 8.01. The van der Waals surface area contributed by atoms with Crippen molar-refractivity contribution >= 4 is 23.6 Å². The molecule has 0 saturated carbocycles. The van der Waals surface area contributed by atoms with Gasteiger partial charge in [0, 0.05) is 5.69 Å². The van der Waals surface area contributed by atoms with E-state index in [0.29, 0.717) is 11.3 Å². The molecule has 0 radical (unpaired) electrons. The topological polar surface area (TPSA) is 115 Å². The average Bonchev–Trinajstić information content (AvgIpc) is 3.05. The number of benzene rings is 1. The minimum absolute atomic E-state index is 0.128. The van der Waals surface area contributed by atoms with Crippen molar-refractivity contribution in [3.8, 4) is 0 Å². The van der Waals surface area contributed by atoms with E-state index < -0.39 is 29.9 Å². The van der Waals surface area contributed by atoms with Crippen LogP contribution in [0.3, 0.4) is 0 Å². The number of rotatable bonds is 9. The maximum atomic E-state index is 12.9. The van der Waals surface area contributed by atoms with Crippen LogP contribution in [0.5, 0.6) is 0 Å². The summed E-state index contributed by atoms with van der Waals surface area (Å²) in [4.78, 5) is 52.9. The van der Waals surface area contributed by atoms with Crippen LogP contribution in [0.25, 0.3) is 0 Å². The Morgan fingerprint density at radius 3 is 2.22 bits per heavy atom. The van der Waals surface area contributed by atoms with Gasteiger partial charge in [-0.05, 0) is 37.8 Å². The third-order valence-corrected chi connectivity index (χ3v) is 5.18. The molecular weight excluding hydrogens is 412 g/mol. The Balaban J connectivity index is 2.09. The van der Waals surface area contributed by atoms with E-state index in [1.165, 1.54) is 14.0 Å². The molecule has 0 aliphatic carbocycles. The van der Waals surface area contributed by atoms with Gasteiger partial charge in [0.2, 0.25) is 11.7 Å². The number of aromatic nitrogens is 1. The van der Waals surface area contributed by atoms with E-state index in [1.54, 1.807) is 27.7 Å². The van der Waals surface area contributed by atoms with Gasteiger partial charge in [0.05, 0.1) is 24.8 Å². The fourth-order valence-electron chi connectivity index (χ4n) is 3.41. The summed E-state index contributed by atoms with van der Waals surface area (Å²) in [6, 6.07) is 8.27. The summed E-state index contributed by atoms with van der Waals surface area (Å²) in [6.45, 7) is 8.30. The second kappa shape index (κ2) is 10.7. The highest BCUT2D eigenvalue weighted by molar-refractivity contribution is 6.04. The first kappa shape index (κ1) is 24.8. The Hall–Kier alpha value is -3.42. The van der Waals surface area contributed by atoms with Gasteiger partial charge in [-0.3, -0.25) is 9.59 Å². The van der Waals surface area contributed by atoms with Gasteiger partial charge < -0.3 is 19.8 Å². The van der Waals surface area contributed by atoms with E-state index in [-0.39, 0.29) is 29.5 Å². The van der Waals surface area contributed by atoms with Gasteiger partial charge in [0.25, 0.3) is 0 Å². The van der Waals surface area contributed by atoms with Crippen LogP contribution >= 0.6 is 0 Å². The first-order valence-corrected chi connectivity index (χ1v) is 10.4. The van der Waals surface area contributed by atoms with Crippen molar-refractivity contribution in [3.63, 3.8) is 0 Å². The molecule has 1 heterocycles. The standard InChI is InChI=1S/C24H30N2O6/c1-13(2)20(26-18(27)12-17-10-8-7-9-11-17)24(30)32-16(5)22(28)21-14(3)19(15(4)25-21)23(29)31-6/h7-11,13,16,20,25H,12H2,1-6H3,(H,26,27). The number of nitrogens with one attached hydrogen (secondary N) is 2. The minimum Gasteiger partial charge on any atom is -0.465 e. The summed E-state index contributed by atoms with van der Waals surface area (Å²) in [6.07, 6.45) is -0.986. The van der Waals surface area contributed by atoms with Gasteiger partial charge in [-0.1, -0.05) is 44.2 Å². The van der Waals surface area contributed by atoms with Gasteiger partial charge in [-0.2, -0.15) is 0 Å². The summed E-state index contributed by atoms with van der Waals surface area (Å²) >= 11 is 0. The van der Waals surface area contributed by atoms with Crippen LogP contribution in [-0.2, 0) is 25.5 Å². The molecule has 0 aliphatic heterocycles. The van der Waals surface area contributed by atoms with Crippen LogP contribution in [0.4, 0.5) is 0 Å². The van der Waals surface area contributed by atoms with Crippen LogP contribution in [0.15, 0.2) is 30.3 Å². The lowest BCUT2D eigenvalue weighted by Gasteiger charge is -2.23. The van der Waals surface area contributed by atoms with Gasteiger partial charge in [0.15, 0.2) is 6.10 Å². The van der Waals surface area contributed by atoms with Crippen molar-refractivity contribution in [1.82, 2.24) is 10.3 Å². The molecule has 2 rings (SSSR count). The van der Waals surface area contributed by atoms with Crippen molar-refractivity contribution in [1.29, 1.82) is 0 Å². The Morgan fingerprint density at radius 2 is 1.66 bits per heavy atom. The lowest BCUT2D eigenvalue weighted by molar-refractivity contribution is -0.151. The van der Waals surface area contributed by atoms with Crippen LogP contribution < -0.4 is 5.32 Å². The van der Waals surface area contributed by atoms with Crippen LogP contribution in [-0.4, -0.2) is 47.9 Å². The molecule has 2 unspecified atom stereocenters. The molecule has 0 fully saturated rings. The maximum Gasteiger partial charge on any atom is 0.339 e. The van der Waals surface area contributed by atoms with E-state index in [4.69, 9.17) is 9.47 Å². The first-order chi connectivity index (χ1) is 15.1. The number of carbonyl (C=O) groups excluding carboxylic acids is 4. The third-order valence-electron chi connectivity index (χ3n) is 5.18. The molecule has 1 amide bonds. The summed E-state index contributed by atoms with van der Waals surface area (Å²) in [7, 11) is 1.26. The molecule has 2 N–H and O–H groups in total. The number of H-pyrrole nitrogens is 1. The number of ether oxygens (including phenoxy) is 2. The van der Waals surface area contributed by atoms with Crippen LogP contribution in [0, 0.1) is 19.8 Å². The van der Waals surface area contributed by atoms with Crippen molar-refractivity contribution in [3.05, 3.63) is 58.4 Å². The molecule has 1 aromatic carbocycles. The van der Waals surface area contributed by atoms with Gasteiger partial charge >= 0.3 is 11.9 Å². The number of Topliss-reactive ketones (excluding diaryl/α,β-unsaturated/α-hetero) is 1. The number of amides is 1. The molecule has 0 bridgehead atoms. The zero-order chi connectivity index (χ0) is 24.0. The highest BCUT2D eigenvalue weighted by Crippen LogP contribution is 2.21. The molecule has 8 nitrogen and oxygen atoms in total. The zero-order valence-corrected chi connectivity index (χ0v) is 19.3. The van der Waals surface area contributed by atoms with Crippen molar-refractivity contribution in [2.75, 3.05) is 7.11 Å². The summed E-state index contributed by atoms with van der Waals surface area (Å²) in [5.41, 5.74) is 2.20. The van der Waals surface area contributed by atoms with Crippen molar-refractivity contribution in [2.45, 2.75) is 53.2 Å². The van der Waals surface area contributed by atoms with Gasteiger partial charge in [-0.25, -0.2) is 9.59 Å². The lowest BCUT2D eigenvalue weighted by atomic mass is 10.0. The maximum absolute atomic E-state index is 12.9. The Bertz CT molecular complexity index is 993. The number of hydrogen-bond donors (Lipinski definition) is 2. The molecule has 1 aromatic heterocycles. The number of esters is 2. The number of aromatic amines is 1. The average molecular weight is 443 g/mol. The van der Waals surface area contributed by atoms with Gasteiger partial charge in [-0.15, -0.1) is 0 Å². The van der Waals surface area contributed by atoms with E-state index in [9.17, 15) is 19.2 Å². The highest BCUT2D eigenvalue weighted by atomic mass is 16.5. The molecule has 0 saturated heterocycles. The van der Waals surface area contributed by atoms with E-state index in [1.807, 2.05) is 30.3 Å². The SMILES string of the molecule is COC(=O)c1c(C)[nH]c(C(=O)C(C)OC(=O)C(NC(=O)Cc2ccccc2)C(C)C)c1C. The Labute approximate surface area is 187 Å². The quantitative estimate of drug-likeness (QED) is 0.456. The number of aryl methyl sites for hydroxylation is 1. The third kappa shape index (κ3) is 5.84. The minimum atomic E-state index is -1.11. The van der Waals surface area contributed by atoms with E-state index in [2.05, 4.69) is 10.3 Å². The fourth-order valence-corrected chi connectivity index (χ4v) is 3.41. The lowest BCUT2D eigenvalue weighted by Crippen LogP contribution is -2.47. The molecule has 172 valence electrons. The van der Waals surface area contributed by atoms with E-state index >= 15 is 0 Å². The largest absolute Gasteiger partial charge is 0.465 e. The van der Waals surface area contributed by atoms with Gasteiger partial charge in [0.1, 0.15) is 6.04 Å². The number of carbonyl (C=O) groups is 4. The molecule has 2 atom stereocenters.